The maximum absolute atomic E-state index is 12.4. The number of nitrogens with zero attached hydrogens (tertiary/aromatic N) is 7. The van der Waals surface area contributed by atoms with Crippen LogP contribution in [0.3, 0.4) is 0 Å². The normalized spacial score (nSPS) is 19.4. The number of aryl methyl sites for hydroxylation is 2. The highest BCUT2D eigenvalue weighted by Crippen LogP contribution is 2.28. The van der Waals surface area contributed by atoms with Crippen molar-refractivity contribution in [3.8, 4) is 5.82 Å². The number of rotatable bonds is 5. The van der Waals surface area contributed by atoms with Gasteiger partial charge in [0, 0.05) is 38.1 Å². The highest BCUT2D eigenvalue weighted by Gasteiger charge is 2.29. The number of fused-ring (bicyclic) bond motifs is 1. The Labute approximate surface area is 163 Å². The SMILES string of the molecule is Cn1nc2c(c1CN1CCCC1Cn1nc(-n3ccnc3)ccc1=O)CCC2. The molecule has 8 heteroatoms. The van der Waals surface area contributed by atoms with Crippen LogP contribution in [-0.2, 0) is 33.0 Å². The average Bonchev–Trinajstić information content (AvgIpc) is 3.46. The summed E-state index contributed by atoms with van der Waals surface area (Å²) in [7, 11) is 2.05. The molecule has 0 N–H and O–H groups in total. The molecule has 3 aromatic heterocycles. The number of aromatic nitrogens is 6. The Hall–Kier alpha value is -2.74. The van der Waals surface area contributed by atoms with E-state index in [0.29, 0.717) is 18.4 Å². The molecule has 0 bridgehead atoms. The zero-order valence-electron chi connectivity index (χ0n) is 16.2. The van der Waals surface area contributed by atoms with Gasteiger partial charge in [-0.05, 0) is 50.3 Å². The van der Waals surface area contributed by atoms with E-state index in [2.05, 4.69) is 26.7 Å². The highest BCUT2D eigenvalue weighted by molar-refractivity contribution is 5.30. The second-order valence-electron chi connectivity index (χ2n) is 7.80. The lowest BCUT2D eigenvalue weighted by Gasteiger charge is -2.25. The van der Waals surface area contributed by atoms with Crippen molar-refractivity contribution in [2.24, 2.45) is 7.05 Å². The van der Waals surface area contributed by atoms with E-state index in [1.807, 2.05) is 10.8 Å². The van der Waals surface area contributed by atoms with Gasteiger partial charge in [-0.1, -0.05) is 0 Å². The summed E-state index contributed by atoms with van der Waals surface area (Å²) in [5.74, 6) is 0.714. The summed E-state index contributed by atoms with van der Waals surface area (Å²) in [6.07, 6.45) is 10.9. The second-order valence-corrected chi connectivity index (χ2v) is 7.80. The van der Waals surface area contributed by atoms with Gasteiger partial charge in [0.1, 0.15) is 6.33 Å². The molecule has 0 aromatic carbocycles. The number of likely N-dealkylation sites (tertiary alicyclic amines) is 1. The summed E-state index contributed by atoms with van der Waals surface area (Å²) in [6.45, 7) is 2.57. The molecule has 146 valence electrons. The van der Waals surface area contributed by atoms with Gasteiger partial charge >= 0.3 is 0 Å². The summed E-state index contributed by atoms with van der Waals surface area (Å²) < 4.78 is 5.48. The van der Waals surface area contributed by atoms with Gasteiger partial charge in [0.15, 0.2) is 5.82 Å². The Morgan fingerprint density at radius 1 is 1.18 bits per heavy atom. The van der Waals surface area contributed by atoms with Crippen LogP contribution in [0.1, 0.15) is 36.2 Å². The van der Waals surface area contributed by atoms with Crippen molar-refractivity contribution in [3.63, 3.8) is 0 Å². The Balaban J connectivity index is 1.37. The zero-order chi connectivity index (χ0) is 19.1. The van der Waals surface area contributed by atoms with Crippen LogP contribution < -0.4 is 5.56 Å². The van der Waals surface area contributed by atoms with E-state index >= 15 is 0 Å². The first-order valence-electron chi connectivity index (χ1n) is 10.0. The van der Waals surface area contributed by atoms with Crippen molar-refractivity contribution in [2.45, 2.75) is 51.2 Å². The maximum atomic E-state index is 12.4. The van der Waals surface area contributed by atoms with Gasteiger partial charge in [0.05, 0.1) is 17.9 Å². The fourth-order valence-electron chi connectivity index (χ4n) is 4.59. The summed E-state index contributed by atoms with van der Waals surface area (Å²) in [4.78, 5) is 19.0. The van der Waals surface area contributed by atoms with Gasteiger partial charge in [-0.2, -0.15) is 10.2 Å². The first kappa shape index (κ1) is 17.4. The van der Waals surface area contributed by atoms with E-state index in [1.54, 1.807) is 29.3 Å². The van der Waals surface area contributed by atoms with E-state index in [1.165, 1.54) is 23.4 Å². The molecule has 1 fully saturated rings. The molecule has 3 aromatic rings. The second kappa shape index (κ2) is 7.01. The van der Waals surface area contributed by atoms with Gasteiger partial charge in [0.25, 0.3) is 5.56 Å². The molecule has 4 heterocycles. The predicted molar refractivity (Wildman–Crippen MR) is 104 cm³/mol. The summed E-state index contributed by atoms with van der Waals surface area (Å²) in [6, 6.07) is 3.65. The van der Waals surface area contributed by atoms with Crippen molar-refractivity contribution >= 4 is 0 Å². The quantitative estimate of drug-likeness (QED) is 0.668. The summed E-state index contributed by atoms with van der Waals surface area (Å²) in [5.41, 5.74) is 4.01. The number of hydrogen-bond acceptors (Lipinski definition) is 5. The lowest BCUT2D eigenvalue weighted by Crippen LogP contribution is -2.37. The number of hydrogen-bond donors (Lipinski definition) is 0. The average molecular weight is 379 g/mol. The van der Waals surface area contributed by atoms with Crippen LogP contribution in [0.15, 0.2) is 35.6 Å². The van der Waals surface area contributed by atoms with Crippen LogP contribution >= 0.6 is 0 Å². The van der Waals surface area contributed by atoms with Crippen molar-refractivity contribution < 1.29 is 0 Å². The van der Waals surface area contributed by atoms with E-state index in [4.69, 9.17) is 5.10 Å². The first-order valence-corrected chi connectivity index (χ1v) is 10.0. The van der Waals surface area contributed by atoms with Crippen LogP contribution in [0.2, 0.25) is 0 Å². The molecule has 1 atom stereocenters. The Bertz CT molecular complexity index is 1030. The van der Waals surface area contributed by atoms with E-state index < -0.39 is 0 Å². The van der Waals surface area contributed by atoms with Crippen LogP contribution in [0.25, 0.3) is 5.82 Å². The predicted octanol–water partition coefficient (Wildman–Crippen LogP) is 1.32. The molecule has 0 radical (unpaired) electrons. The van der Waals surface area contributed by atoms with Gasteiger partial charge in [-0.3, -0.25) is 18.9 Å². The zero-order valence-corrected chi connectivity index (χ0v) is 16.2. The molecular formula is C20H25N7O. The minimum absolute atomic E-state index is 0.0582. The molecule has 1 unspecified atom stereocenters. The molecule has 2 aliphatic rings. The van der Waals surface area contributed by atoms with Crippen molar-refractivity contribution in [3.05, 3.63) is 58.2 Å². The molecule has 1 aliphatic heterocycles. The third-order valence-electron chi connectivity index (χ3n) is 6.06. The van der Waals surface area contributed by atoms with E-state index in [-0.39, 0.29) is 5.56 Å². The van der Waals surface area contributed by atoms with Crippen LogP contribution in [-0.4, -0.2) is 46.6 Å². The largest absolute Gasteiger partial charge is 0.293 e. The van der Waals surface area contributed by atoms with E-state index in [9.17, 15) is 4.79 Å². The van der Waals surface area contributed by atoms with Gasteiger partial charge in [0.2, 0.25) is 0 Å². The Morgan fingerprint density at radius 3 is 2.96 bits per heavy atom. The molecule has 0 saturated carbocycles. The highest BCUT2D eigenvalue weighted by atomic mass is 16.1. The van der Waals surface area contributed by atoms with Crippen LogP contribution in [0.4, 0.5) is 0 Å². The summed E-state index contributed by atoms with van der Waals surface area (Å²) in [5, 5.41) is 9.28. The molecule has 0 spiro atoms. The molecular weight excluding hydrogens is 354 g/mol. The standard InChI is InChI=1S/C20H25N7O/c1-24-18(16-5-2-6-17(16)22-24)13-25-10-3-4-15(25)12-27-20(28)8-7-19(23-27)26-11-9-21-14-26/h7-9,11,14-15H,2-6,10,12-13H2,1H3. The topological polar surface area (TPSA) is 73.8 Å². The minimum Gasteiger partial charge on any atom is -0.293 e. The Morgan fingerprint density at radius 2 is 2.11 bits per heavy atom. The first-order chi connectivity index (χ1) is 13.7. The monoisotopic (exact) mass is 379 g/mol. The van der Waals surface area contributed by atoms with Crippen LogP contribution in [0, 0.1) is 0 Å². The van der Waals surface area contributed by atoms with Gasteiger partial charge in [-0.25, -0.2) is 9.67 Å². The minimum atomic E-state index is -0.0582. The van der Waals surface area contributed by atoms with Gasteiger partial charge < -0.3 is 0 Å². The van der Waals surface area contributed by atoms with Gasteiger partial charge in [-0.15, -0.1) is 0 Å². The Kier molecular flexibility index (Phi) is 4.35. The fraction of sp³-hybridized carbons (Fsp3) is 0.500. The number of imidazole rings is 1. The van der Waals surface area contributed by atoms with E-state index in [0.717, 1.165) is 38.8 Å². The molecule has 8 nitrogen and oxygen atoms in total. The molecule has 0 amide bonds. The molecule has 1 saturated heterocycles. The molecule has 28 heavy (non-hydrogen) atoms. The van der Waals surface area contributed by atoms with Crippen molar-refractivity contribution in [1.82, 2.24) is 34.0 Å². The smallest absolute Gasteiger partial charge is 0.266 e. The van der Waals surface area contributed by atoms with Crippen LogP contribution in [0.5, 0.6) is 0 Å². The molecule has 1 aliphatic carbocycles. The fourth-order valence-corrected chi connectivity index (χ4v) is 4.59. The third-order valence-corrected chi connectivity index (χ3v) is 6.06. The summed E-state index contributed by atoms with van der Waals surface area (Å²) >= 11 is 0. The maximum Gasteiger partial charge on any atom is 0.266 e. The third kappa shape index (κ3) is 3.07. The van der Waals surface area contributed by atoms with Crippen molar-refractivity contribution in [1.29, 1.82) is 0 Å². The lowest BCUT2D eigenvalue weighted by molar-refractivity contribution is 0.211. The lowest BCUT2D eigenvalue weighted by atomic mass is 10.1. The van der Waals surface area contributed by atoms with Crippen molar-refractivity contribution in [2.75, 3.05) is 6.54 Å². The molecule has 5 rings (SSSR count).